The molecule has 1 amide bonds. The quantitative estimate of drug-likeness (QED) is 0.0156. The lowest BCUT2D eigenvalue weighted by molar-refractivity contribution is -0.870. The van der Waals surface area contributed by atoms with Gasteiger partial charge in [0.25, 0.3) is 0 Å². The van der Waals surface area contributed by atoms with E-state index in [2.05, 4.69) is 99.0 Å². The molecule has 0 aromatic carbocycles. The molecule has 0 spiro atoms. The molecule has 2 N–H and O–H groups in total. The third kappa shape index (κ3) is 50.1. The van der Waals surface area contributed by atoms with Gasteiger partial charge in [-0.25, -0.2) is 4.57 Å². The molecule has 0 aliphatic rings. The molecule has 0 aliphatic carbocycles. The summed E-state index contributed by atoms with van der Waals surface area (Å²) in [6.07, 6.45) is 64.3. The van der Waals surface area contributed by atoms with Crippen LogP contribution in [-0.2, 0) is 27.9 Å². The van der Waals surface area contributed by atoms with Gasteiger partial charge in [0.1, 0.15) is 19.3 Å². The van der Waals surface area contributed by atoms with Gasteiger partial charge in [0, 0.05) is 12.8 Å². The zero-order valence-electron chi connectivity index (χ0n) is 46.0. The number of unbranched alkanes of at least 4 members (excludes halogenated alkanes) is 24. The maximum Gasteiger partial charge on any atom is 0.472 e. The van der Waals surface area contributed by atoms with E-state index in [1.165, 1.54) is 96.3 Å². The van der Waals surface area contributed by atoms with Crippen molar-refractivity contribution in [3.63, 3.8) is 0 Å². The highest BCUT2D eigenvalue weighted by molar-refractivity contribution is 7.47. The molecule has 3 unspecified atom stereocenters. The second kappa shape index (κ2) is 49.8. The first-order valence-electron chi connectivity index (χ1n) is 28.4. The van der Waals surface area contributed by atoms with Crippen LogP contribution in [0, 0.1) is 0 Å². The summed E-state index contributed by atoms with van der Waals surface area (Å²) in [5, 5.41) is 3.03. The smallest absolute Gasteiger partial charge is 0.456 e. The molecule has 0 fully saturated rings. The number of likely N-dealkylation sites (N-methyl/N-ethyl adjacent to an activating group) is 1. The lowest BCUT2D eigenvalue weighted by Crippen LogP contribution is -2.47. The van der Waals surface area contributed by atoms with Crippen LogP contribution in [0.15, 0.2) is 85.1 Å². The summed E-state index contributed by atoms with van der Waals surface area (Å²) in [7, 11) is 1.46. The van der Waals surface area contributed by atoms with Crippen molar-refractivity contribution in [2.45, 2.75) is 245 Å². The monoisotopic (exact) mass is 1000 g/mol. The second-order valence-electron chi connectivity index (χ2n) is 20.1. The number of hydrogen-bond donors (Lipinski definition) is 2. The molecule has 0 heterocycles. The number of esters is 1. The predicted octanol–water partition coefficient (Wildman–Crippen LogP) is 17.0. The minimum atomic E-state index is -4.46. The van der Waals surface area contributed by atoms with Crippen molar-refractivity contribution < 1.29 is 37.3 Å². The van der Waals surface area contributed by atoms with Gasteiger partial charge in [-0.05, 0) is 89.5 Å². The first-order valence-corrected chi connectivity index (χ1v) is 29.9. The van der Waals surface area contributed by atoms with Gasteiger partial charge in [-0.3, -0.25) is 18.6 Å². The lowest BCUT2D eigenvalue weighted by atomic mass is 10.0. The number of phosphoric acid groups is 1. The third-order valence-corrected chi connectivity index (χ3v) is 13.1. The molecule has 0 rings (SSSR count). The highest BCUT2D eigenvalue weighted by Crippen LogP contribution is 2.43. The van der Waals surface area contributed by atoms with Crippen molar-refractivity contribution in [1.29, 1.82) is 0 Å². The van der Waals surface area contributed by atoms with Crippen LogP contribution >= 0.6 is 7.82 Å². The minimum Gasteiger partial charge on any atom is -0.456 e. The Morgan fingerprint density at radius 3 is 1.51 bits per heavy atom. The number of amides is 1. The van der Waals surface area contributed by atoms with Crippen molar-refractivity contribution in [1.82, 2.24) is 5.32 Å². The fourth-order valence-corrected chi connectivity index (χ4v) is 8.45. The summed E-state index contributed by atoms with van der Waals surface area (Å²) in [4.78, 5) is 37.6. The number of hydrogen-bond acceptors (Lipinski definition) is 6. The van der Waals surface area contributed by atoms with Crippen LogP contribution in [0.4, 0.5) is 0 Å². The van der Waals surface area contributed by atoms with Crippen molar-refractivity contribution in [2.75, 3.05) is 40.9 Å². The molecule has 10 heteroatoms. The number of rotatable bonds is 50. The first kappa shape index (κ1) is 67.2. The number of nitrogens with one attached hydrogen (secondary N) is 1. The normalized spacial score (nSPS) is 14.4. The van der Waals surface area contributed by atoms with E-state index in [0.717, 1.165) is 103 Å². The second-order valence-corrected chi connectivity index (χ2v) is 21.6. The Balaban J connectivity index is 5.42. The SMILES string of the molecule is CC/C=C/C=C/C=C/CCCCCCCCCC(=O)OC(/C=C/CCCCCCCCCCCC)C(COP(=O)(O)OCC[N+](C)(C)C)NC(=O)CCCCCC/C=C\C/C=C\C/C=C\CCCCC. The largest absolute Gasteiger partial charge is 0.472 e. The van der Waals surface area contributed by atoms with Gasteiger partial charge in [0.15, 0.2) is 0 Å². The van der Waals surface area contributed by atoms with Gasteiger partial charge >= 0.3 is 13.8 Å². The van der Waals surface area contributed by atoms with E-state index < -0.39 is 20.0 Å². The number of nitrogens with zero attached hydrogens (tertiary/aromatic N) is 1. The molecule has 0 bridgehead atoms. The Bertz CT molecular complexity index is 1480. The van der Waals surface area contributed by atoms with Gasteiger partial charge in [-0.1, -0.05) is 215 Å². The van der Waals surface area contributed by atoms with Crippen molar-refractivity contribution in [3.8, 4) is 0 Å². The molecular weight excluding hydrogens is 892 g/mol. The Morgan fingerprint density at radius 2 is 0.971 bits per heavy atom. The summed E-state index contributed by atoms with van der Waals surface area (Å²) < 4.78 is 30.6. The van der Waals surface area contributed by atoms with Crippen LogP contribution < -0.4 is 5.32 Å². The maximum atomic E-state index is 13.5. The third-order valence-electron chi connectivity index (χ3n) is 12.1. The fourth-order valence-electron chi connectivity index (χ4n) is 7.71. The molecule has 0 aromatic rings. The number of quaternary nitrogens is 1. The summed E-state index contributed by atoms with van der Waals surface area (Å²) in [6.45, 7) is 6.81. The van der Waals surface area contributed by atoms with Gasteiger partial charge < -0.3 is 19.4 Å². The van der Waals surface area contributed by atoms with Gasteiger partial charge in [0.05, 0.1) is 33.8 Å². The number of ether oxygens (including phenoxy) is 1. The van der Waals surface area contributed by atoms with Crippen molar-refractivity contribution in [2.24, 2.45) is 0 Å². The van der Waals surface area contributed by atoms with E-state index in [1.807, 2.05) is 33.3 Å². The van der Waals surface area contributed by atoms with Crippen LogP contribution in [0.5, 0.6) is 0 Å². The van der Waals surface area contributed by atoms with Gasteiger partial charge in [-0.2, -0.15) is 0 Å². The Kier molecular flexibility index (Phi) is 47.8. The van der Waals surface area contributed by atoms with Crippen molar-refractivity contribution >= 4 is 19.7 Å². The molecule has 0 aromatic heterocycles. The fraction of sp³-hybridized carbons (Fsp3) is 0.733. The molecule has 0 radical (unpaired) electrons. The number of phosphoric ester groups is 1. The van der Waals surface area contributed by atoms with Gasteiger partial charge in [-0.15, -0.1) is 0 Å². The topological polar surface area (TPSA) is 111 Å². The molecule has 70 heavy (non-hydrogen) atoms. The molecule has 0 saturated heterocycles. The first-order chi connectivity index (χ1) is 33.9. The summed E-state index contributed by atoms with van der Waals surface area (Å²) in [5.41, 5.74) is 0. The molecule has 9 nitrogen and oxygen atoms in total. The maximum absolute atomic E-state index is 13.5. The summed E-state index contributed by atoms with van der Waals surface area (Å²) in [6, 6.07) is -0.868. The number of carbonyl (C=O) groups is 2. The summed E-state index contributed by atoms with van der Waals surface area (Å²) >= 11 is 0. The van der Waals surface area contributed by atoms with Crippen LogP contribution in [0.3, 0.4) is 0 Å². The van der Waals surface area contributed by atoms with Crippen LogP contribution in [0.25, 0.3) is 0 Å². The van der Waals surface area contributed by atoms with E-state index in [0.29, 0.717) is 17.4 Å². The zero-order valence-corrected chi connectivity index (χ0v) is 46.9. The van der Waals surface area contributed by atoms with Crippen LogP contribution in [-0.4, -0.2) is 74.3 Å². The number of carbonyl (C=O) groups excluding carboxylic acids is 2. The Hall–Kier alpha value is -2.81. The zero-order chi connectivity index (χ0) is 51.5. The Labute approximate surface area is 431 Å². The van der Waals surface area contributed by atoms with E-state index in [-0.39, 0.29) is 31.5 Å². The lowest BCUT2D eigenvalue weighted by Gasteiger charge is -2.27. The number of allylic oxidation sites excluding steroid dienone is 13. The standard InChI is InChI=1S/C60H107N2O7P/c1-7-10-13-16-19-22-25-28-30-31-33-34-37-40-43-46-49-52-59(63)61-57(56-68-70(65,66)67-55-54-62(4,5)6)58(51-48-45-42-39-36-27-24-21-18-15-12-9-3)69-60(64)53-50-47-44-41-38-35-32-29-26-23-20-17-14-11-8-2/h11,14,17,19-20,22-23,26,28,30,33-34,48,51,57-58H,7-10,12-13,15-16,18,21,24-25,27,29,31-32,35-47,49-50,52-56H2,1-6H3,(H-,61,63,65,66)/p+1/b14-11+,20-17+,22-19-,26-23+,30-28-,34-33-,51-48+. The highest BCUT2D eigenvalue weighted by atomic mass is 31.2. The summed E-state index contributed by atoms with van der Waals surface area (Å²) in [5.74, 6) is -0.549. The van der Waals surface area contributed by atoms with E-state index in [4.69, 9.17) is 13.8 Å². The average Bonchev–Trinajstić information content (AvgIpc) is 3.32. The molecular formula is C60H108N2O7P+. The minimum absolute atomic E-state index is 0.0298. The van der Waals surface area contributed by atoms with Crippen LogP contribution in [0.2, 0.25) is 0 Å². The predicted molar refractivity (Wildman–Crippen MR) is 300 cm³/mol. The van der Waals surface area contributed by atoms with Crippen LogP contribution in [0.1, 0.15) is 233 Å². The van der Waals surface area contributed by atoms with E-state index >= 15 is 0 Å². The average molecular weight is 1000 g/mol. The van der Waals surface area contributed by atoms with E-state index in [9.17, 15) is 19.0 Å². The van der Waals surface area contributed by atoms with Gasteiger partial charge in [0.2, 0.25) is 5.91 Å². The molecule has 404 valence electrons. The van der Waals surface area contributed by atoms with E-state index in [1.54, 1.807) is 0 Å². The Morgan fingerprint density at radius 1 is 0.529 bits per heavy atom. The molecule has 3 atom stereocenters. The highest BCUT2D eigenvalue weighted by Gasteiger charge is 2.30. The van der Waals surface area contributed by atoms with Crippen molar-refractivity contribution in [3.05, 3.63) is 85.1 Å². The molecule has 0 aliphatic heterocycles. The molecule has 0 saturated carbocycles.